The fourth-order valence-corrected chi connectivity index (χ4v) is 4.68. The van der Waals surface area contributed by atoms with E-state index in [1.807, 2.05) is 42.5 Å². The fraction of sp³-hybridized carbons (Fsp3) is 0.594. The zero-order valence-corrected chi connectivity index (χ0v) is 21.9. The average molecular weight is 465 g/mol. The number of rotatable bonds is 19. The Bertz CT molecular complexity index is 768. The first-order chi connectivity index (χ1) is 16.8. The summed E-state index contributed by atoms with van der Waals surface area (Å²) < 4.78 is 6.04. The zero-order chi connectivity index (χ0) is 24.3. The molecule has 2 aromatic carbocycles. The van der Waals surface area contributed by atoms with Gasteiger partial charge in [-0.05, 0) is 24.5 Å². The van der Waals surface area contributed by atoms with Crippen LogP contribution in [0.3, 0.4) is 0 Å². The molecule has 188 valence electrons. The lowest BCUT2D eigenvalue weighted by atomic mass is 9.94. The van der Waals surface area contributed by atoms with Crippen molar-refractivity contribution in [3.05, 3.63) is 54.6 Å². The number of para-hydroxylation sites is 1. The second-order valence-electron chi connectivity index (χ2n) is 9.80. The molecule has 0 heterocycles. The van der Waals surface area contributed by atoms with Crippen LogP contribution in [0, 0.1) is 5.92 Å². The minimum absolute atomic E-state index is 0.00935. The van der Waals surface area contributed by atoms with E-state index in [-0.39, 0.29) is 11.9 Å². The van der Waals surface area contributed by atoms with Crippen LogP contribution in [0.5, 0.6) is 5.75 Å². The molecule has 0 bridgehead atoms. The van der Waals surface area contributed by atoms with Gasteiger partial charge in [0.05, 0.1) is 5.92 Å². The Labute approximate surface area is 209 Å². The quantitative estimate of drug-likeness (QED) is 0.117. The Hall–Kier alpha value is -2.09. The zero-order valence-electron chi connectivity index (χ0n) is 21.9. The van der Waals surface area contributed by atoms with E-state index in [1.165, 1.54) is 77.0 Å². The van der Waals surface area contributed by atoms with Crippen molar-refractivity contribution < 1.29 is 9.53 Å². The number of benzene rings is 2. The molecule has 2 nitrogen and oxygen atoms in total. The number of hydrogen-bond acceptors (Lipinski definition) is 2. The lowest BCUT2D eigenvalue weighted by molar-refractivity contribution is -0.139. The molecule has 0 saturated carbocycles. The van der Waals surface area contributed by atoms with E-state index >= 15 is 0 Å². The van der Waals surface area contributed by atoms with E-state index in [0.29, 0.717) is 5.75 Å². The lowest BCUT2D eigenvalue weighted by Crippen LogP contribution is -2.21. The van der Waals surface area contributed by atoms with E-state index in [2.05, 4.69) is 26.0 Å². The predicted molar refractivity (Wildman–Crippen MR) is 146 cm³/mol. The molecule has 1 atom stereocenters. The van der Waals surface area contributed by atoms with Gasteiger partial charge in [0.15, 0.2) is 0 Å². The van der Waals surface area contributed by atoms with Crippen molar-refractivity contribution in [3.8, 4) is 16.9 Å². The standard InChI is InChI=1S/C32H48O2/c1-3-5-7-9-11-12-14-17-25-29(24-16-13-10-8-6-4-2)32(33)34-31-27-21-20-26-30(31)28-22-18-15-19-23-28/h15,18-23,26-27,29H,3-14,16-17,24-25H2,1-2H3. The largest absolute Gasteiger partial charge is 0.426 e. The molecule has 2 rings (SSSR count). The molecule has 0 saturated heterocycles. The fourth-order valence-electron chi connectivity index (χ4n) is 4.68. The summed E-state index contributed by atoms with van der Waals surface area (Å²) in [6.45, 7) is 4.52. The monoisotopic (exact) mass is 464 g/mol. The van der Waals surface area contributed by atoms with Crippen LogP contribution in [0.15, 0.2) is 54.6 Å². The van der Waals surface area contributed by atoms with E-state index in [1.54, 1.807) is 0 Å². The molecule has 0 spiro atoms. The maximum Gasteiger partial charge on any atom is 0.314 e. The first kappa shape index (κ1) is 28.1. The van der Waals surface area contributed by atoms with Crippen molar-refractivity contribution >= 4 is 5.97 Å². The van der Waals surface area contributed by atoms with Crippen molar-refractivity contribution in [2.24, 2.45) is 5.92 Å². The van der Waals surface area contributed by atoms with Gasteiger partial charge < -0.3 is 4.74 Å². The molecule has 34 heavy (non-hydrogen) atoms. The van der Waals surface area contributed by atoms with Crippen molar-refractivity contribution in [2.45, 2.75) is 117 Å². The number of unbranched alkanes of at least 4 members (excludes halogenated alkanes) is 12. The van der Waals surface area contributed by atoms with Gasteiger partial charge in [-0.1, -0.05) is 152 Å². The van der Waals surface area contributed by atoms with E-state index in [9.17, 15) is 4.79 Å². The number of esters is 1. The van der Waals surface area contributed by atoms with Crippen LogP contribution in [0.1, 0.15) is 117 Å². The minimum Gasteiger partial charge on any atom is -0.426 e. The average Bonchev–Trinajstić information content (AvgIpc) is 2.87. The molecule has 0 aliphatic carbocycles. The lowest BCUT2D eigenvalue weighted by Gasteiger charge is -2.17. The summed E-state index contributed by atoms with van der Waals surface area (Å²) in [6.07, 6.45) is 19.8. The van der Waals surface area contributed by atoms with Crippen LogP contribution in [0.25, 0.3) is 11.1 Å². The van der Waals surface area contributed by atoms with Gasteiger partial charge in [0.25, 0.3) is 0 Å². The summed E-state index contributed by atoms with van der Waals surface area (Å²) in [5.41, 5.74) is 2.07. The molecule has 0 aliphatic rings. The highest BCUT2D eigenvalue weighted by Crippen LogP contribution is 2.31. The van der Waals surface area contributed by atoms with Gasteiger partial charge >= 0.3 is 5.97 Å². The van der Waals surface area contributed by atoms with E-state index < -0.39 is 0 Å². The van der Waals surface area contributed by atoms with Gasteiger partial charge in [-0.25, -0.2) is 0 Å². The first-order valence-electron chi connectivity index (χ1n) is 14.1. The number of carbonyl (C=O) groups excluding carboxylic acids is 1. The third kappa shape index (κ3) is 11.4. The Morgan fingerprint density at radius 1 is 0.618 bits per heavy atom. The molecule has 1 unspecified atom stereocenters. The smallest absolute Gasteiger partial charge is 0.314 e. The molecule has 2 heteroatoms. The second-order valence-corrected chi connectivity index (χ2v) is 9.80. The highest BCUT2D eigenvalue weighted by atomic mass is 16.5. The highest BCUT2D eigenvalue weighted by Gasteiger charge is 2.21. The third-order valence-electron chi connectivity index (χ3n) is 6.83. The third-order valence-corrected chi connectivity index (χ3v) is 6.83. The summed E-state index contributed by atoms with van der Waals surface area (Å²) >= 11 is 0. The van der Waals surface area contributed by atoms with Gasteiger partial charge in [0.1, 0.15) is 5.75 Å². The van der Waals surface area contributed by atoms with Crippen molar-refractivity contribution in [1.82, 2.24) is 0 Å². The SMILES string of the molecule is CCCCCCCCCCC(CCCCCCCC)C(=O)Oc1ccccc1-c1ccccc1. The van der Waals surface area contributed by atoms with Gasteiger partial charge in [0, 0.05) is 5.56 Å². The topological polar surface area (TPSA) is 26.3 Å². The van der Waals surface area contributed by atoms with Crippen LogP contribution in [-0.2, 0) is 4.79 Å². The summed E-state index contributed by atoms with van der Waals surface area (Å²) in [5.74, 6) is 0.651. The van der Waals surface area contributed by atoms with Crippen molar-refractivity contribution in [3.63, 3.8) is 0 Å². The van der Waals surface area contributed by atoms with Gasteiger partial charge in [-0.3, -0.25) is 4.79 Å². The number of hydrogen-bond donors (Lipinski definition) is 0. The first-order valence-corrected chi connectivity index (χ1v) is 14.1. The van der Waals surface area contributed by atoms with Gasteiger partial charge in [-0.15, -0.1) is 0 Å². The molecule has 0 amide bonds. The number of ether oxygens (including phenoxy) is 1. The van der Waals surface area contributed by atoms with E-state index in [4.69, 9.17) is 4.74 Å². The van der Waals surface area contributed by atoms with Gasteiger partial charge in [-0.2, -0.15) is 0 Å². The van der Waals surface area contributed by atoms with Crippen LogP contribution in [-0.4, -0.2) is 5.97 Å². The molecule has 0 aliphatic heterocycles. The van der Waals surface area contributed by atoms with Crippen molar-refractivity contribution in [2.75, 3.05) is 0 Å². The van der Waals surface area contributed by atoms with Crippen LogP contribution in [0.2, 0.25) is 0 Å². The Morgan fingerprint density at radius 3 is 1.65 bits per heavy atom. The predicted octanol–water partition coefficient (Wildman–Crippen LogP) is 10.2. The summed E-state index contributed by atoms with van der Waals surface area (Å²) in [7, 11) is 0. The molecule has 2 aromatic rings. The number of carbonyl (C=O) groups is 1. The maximum atomic E-state index is 13.3. The summed E-state index contributed by atoms with van der Waals surface area (Å²) in [4.78, 5) is 13.3. The molecule has 0 radical (unpaired) electrons. The molecule has 0 N–H and O–H groups in total. The summed E-state index contributed by atoms with van der Waals surface area (Å²) in [5, 5.41) is 0. The molecule has 0 fully saturated rings. The Morgan fingerprint density at radius 2 is 1.09 bits per heavy atom. The molecular formula is C32H48O2. The second kappa shape index (κ2) is 18.3. The maximum absolute atomic E-state index is 13.3. The minimum atomic E-state index is -0.0418. The van der Waals surface area contributed by atoms with Gasteiger partial charge in [0.2, 0.25) is 0 Å². The normalized spacial score (nSPS) is 11.9. The van der Waals surface area contributed by atoms with E-state index in [0.717, 1.165) is 36.8 Å². The van der Waals surface area contributed by atoms with Crippen molar-refractivity contribution in [1.29, 1.82) is 0 Å². The molecule has 0 aromatic heterocycles. The van der Waals surface area contributed by atoms with Crippen LogP contribution >= 0.6 is 0 Å². The highest BCUT2D eigenvalue weighted by molar-refractivity contribution is 5.79. The Balaban J connectivity index is 1.90. The Kier molecular flexibility index (Phi) is 15.1. The van der Waals surface area contributed by atoms with Crippen LogP contribution in [0.4, 0.5) is 0 Å². The van der Waals surface area contributed by atoms with Crippen LogP contribution < -0.4 is 4.74 Å². The molecular weight excluding hydrogens is 416 g/mol. The summed E-state index contributed by atoms with van der Waals surface area (Å²) in [6, 6.07) is 18.1.